The molecule has 1 saturated carbocycles. The third kappa shape index (κ3) is 2.16. The molecule has 0 aromatic carbocycles. The molecule has 2 fully saturated rings. The van der Waals surface area contributed by atoms with Gasteiger partial charge in [-0.1, -0.05) is 10.3 Å². The highest BCUT2D eigenvalue weighted by molar-refractivity contribution is 5.06. The first-order chi connectivity index (χ1) is 9.40. The van der Waals surface area contributed by atoms with Crippen LogP contribution in [-0.4, -0.2) is 26.7 Å². The van der Waals surface area contributed by atoms with E-state index in [-0.39, 0.29) is 6.04 Å². The van der Waals surface area contributed by atoms with Crippen LogP contribution in [0.2, 0.25) is 0 Å². The first kappa shape index (κ1) is 11.2. The van der Waals surface area contributed by atoms with Gasteiger partial charge in [-0.15, -0.1) is 0 Å². The Labute approximate surface area is 110 Å². The topological polar surface area (TPSA) is 68.2 Å². The molecule has 1 atom stereocenters. The fourth-order valence-corrected chi connectivity index (χ4v) is 2.71. The Morgan fingerprint density at radius 1 is 1.26 bits per heavy atom. The molecule has 0 unspecified atom stereocenters. The maximum atomic E-state index is 5.36. The van der Waals surface area contributed by atoms with Crippen LogP contribution in [0.1, 0.15) is 55.1 Å². The van der Waals surface area contributed by atoms with Crippen molar-refractivity contribution < 1.29 is 9.05 Å². The number of rotatable bonds is 4. The van der Waals surface area contributed by atoms with E-state index in [1.807, 2.05) is 6.07 Å². The third-order valence-electron chi connectivity index (χ3n) is 3.90. The van der Waals surface area contributed by atoms with Gasteiger partial charge in [0.2, 0.25) is 5.89 Å². The van der Waals surface area contributed by atoms with Crippen molar-refractivity contribution in [2.75, 3.05) is 6.54 Å². The second-order valence-corrected chi connectivity index (χ2v) is 5.38. The fraction of sp³-hybridized carbons (Fsp3) is 0.615. The van der Waals surface area contributed by atoms with Gasteiger partial charge in [-0.05, 0) is 32.2 Å². The van der Waals surface area contributed by atoms with Crippen molar-refractivity contribution in [1.29, 1.82) is 0 Å². The van der Waals surface area contributed by atoms with Crippen LogP contribution in [0.4, 0.5) is 0 Å². The Morgan fingerprint density at radius 2 is 2.21 bits per heavy atom. The largest absolute Gasteiger partial charge is 0.364 e. The van der Waals surface area contributed by atoms with Gasteiger partial charge >= 0.3 is 0 Å². The van der Waals surface area contributed by atoms with Crippen molar-refractivity contribution in [1.82, 2.24) is 20.2 Å². The first-order valence-corrected chi connectivity index (χ1v) is 6.87. The normalized spacial score (nSPS) is 24.1. The average Bonchev–Trinajstić information content (AvgIpc) is 2.89. The van der Waals surface area contributed by atoms with Gasteiger partial charge in [0.05, 0.1) is 11.7 Å². The third-order valence-corrected chi connectivity index (χ3v) is 3.90. The number of hydrogen-bond donors (Lipinski definition) is 0. The molecule has 100 valence electrons. The summed E-state index contributed by atoms with van der Waals surface area (Å²) in [5, 5.41) is 8.14. The van der Waals surface area contributed by atoms with Crippen LogP contribution in [0, 0.1) is 0 Å². The van der Waals surface area contributed by atoms with Crippen molar-refractivity contribution in [3.8, 4) is 0 Å². The molecule has 2 aromatic heterocycles. The molecule has 6 nitrogen and oxygen atoms in total. The molecule has 0 radical (unpaired) electrons. The molecule has 0 amide bonds. The Kier molecular flexibility index (Phi) is 2.61. The Morgan fingerprint density at radius 3 is 3.00 bits per heavy atom. The molecule has 1 aliphatic heterocycles. The maximum Gasteiger partial charge on any atom is 0.229 e. The molecule has 4 rings (SSSR count). The summed E-state index contributed by atoms with van der Waals surface area (Å²) in [5.74, 6) is 2.18. The van der Waals surface area contributed by atoms with Crippen LogP contribution < -0.4 is 0 Å². The van der Waals surface area contributed by atoms with E-state index in [1.54, 1.807) is 6.26 Å². The van der Waals surface area contributed by atoms with Crippen LogP contribution in [0.25, 0.3) is 0 Å². The summed E-state index contributed by atoms with van der Waals surface area (Å²) < 4.78 is 10.2. The second kappa shape index (κ2) is 4.45. The molecule has 6 heteroatoms. The number of aromatic nitrogens is 3. The minimum absolute atomic E-state index is 0.257. The summed E-state index contributed by atoms with van der Waals surface area (Å²) in [6, 6.07) is 2.16. The lowest BCUT2D eigenvalue weighted by molar-refractivity contribution is 0.227. The average molecular weight is 260 g/mol. The van der Waals surface area contributed by atoms with Crippen molar-refractivity contribution >= 4 is 0 Å². The minimum atomic E-state index is 0.257. The number of likely N-dealkylation sites (tertiary alicyclic amines) is 1. The van der Waals surface area contributed by atoms with E-state index in [2.05, 4.69) is 20.2 Å². The van der Waals surface area contributed by atoms with E-state index in [1.165, 1.54) is 12.8 Å². The van der Waals surface area contributed by atoms with Gasteiger partial charge in [-0.3, -0.25) is 4.90 Å². The Hall–Kier alpha value is -1.69. The molecule has 0 spiro atoms. The summed E-state index contributed by atoms with van der Waals surface area (Å²) in [7, 11) is 0. The molecule has 2 aliphatic rings. The van der Waals surface area contributed by atoms with Crippen molar-refractivity contribution in [2.45, 2.75) is 44.2 Å². The van der Waals surface area contributed by atoms with E-state index in [4.69, 9.17) is 9.05 Å². The van der Waals surface area contributed by atoms with Gasteiger partial charge < -0.3 is 9.05 Å². The minimum Gasteiger partial charge on any atom is -0.364 e. The smallest absolute Gasteiger partial charge is 0.229 e. The zero-order valence-corrected chi connectivity index (χ0v) is 10.7. The lowest BCUT2D eigenvalue weighted by atomic mass is 10.2. The molecular formula is C13H16N4O2. The summed E-state index contributed by atoms with van der Waals surface area (Å²) in [5.41, 5.74) is 0.956. The molecule has 0 N–H and O–H groups in total. The van der Waals surface area contributed by atoms with Gasteiger partial charge in [0.15, 0.2) is 5.82 Å². The van der Waals surface area contributed by atoms with E-state index in [0.29, 0.717) is 5.92 Å². The number of nitrogens with zero attached hydrogens (tertiary/aromatic N) is 4. The fourth-order valence-electron chi connectivity index (χ4n) is 2.71. The van der Waals surface area contributed by atoms with Crippen molar-refractivity contribution in [3.05, 3.63) is 29.7 Å². The zero-order valence-electron chi connectivity index (χ0n) is 10.7. The van der Waals surface area contributed by atoms with Gasteiger partial charge in [0, 0.05) is 18.5 Å². The van der Waals surface area contributed by atoms with Crippen LogP contribution in [0.15, 0.2) is 21.4 Å². The van der Waals surface area contributed by atoms with E-state index >= 15 is 0 Å². The van der Waals surface area contributed by atoms with Crippen LogP contribution in [0.5, 0.6) is 0 Å². The van der Waals surface area contributed by atoms with Gasteiger partial charge in [-0.2, -0.15) is 4.98 Å². The predicted molar refractivity (Wildman–Crippen MR) is 65.2 cm³/mol. The van der Waals surface area contributed by atoms with E-state index in [0.717, 1.165) is 43.3 Å². The highest BCUT2D eigenvalue weighted by Crippen LogP contribution is 2.40. The summed E-state index contributed by atoms with van der Waals surface area (Å²) in [6.45, 7) is 1.83. The predicted octanol–water partition coefficient (Wildman–Crippen LogP) is 2.27. The Balaban J connectivity index is 1.51. The highest BCUT2D eigenvalue weighted by Gasteiger charge is 2.34. The molecule has 2 aromatic rings. The molecule has 1 saturated heterocycles. The van der Waals surface area contributed by atoms with Gasteiger partial charge in [0.25, 0.3) is 0 Å². The molecule has 0 bridgehead atoms. The first-order valence-electron chi connectivity index (χ1n) is 6.87. The van der Waals surface area contributed by atoms with Crippen LogP contribution >= 0.6 is 0 Å². The maximum absolute atomic E-state index is 5.36. The van der Waals surface area contributed by atoms with Crippen LogP contribution in [0.3, 0.4) is 0 Å². The molecule has 1 aliphatic carbocycles. The van der Waals surface area contributed by atoms with E-state index < -0.39 is 0 Å². The SMILES string of the molecule is c1cc(CN2CCC[C@@H]2c2noc(C3CC3)n2)no1. The lowest BCUT2D eigenvalue weighted by Gasteiger charge is -2.20. The summed E-state index contributed by atoms with van der Waals surface area (Å²) in [6.07, 6.45) is 6.24. The molecule has 19 heavy (non-hydrogen) atoms. The second-order valence-electron chi connectivity index (χ2n) is 5.38. The summed E-state index contributed by atoms with van der Waals surface area (Å²) >= 11 is 0. The van der Waals surface area contributed by atoms with Crippen molar-refractivity contribution in [3.63, 3.8) is 0 Å². The van der Waals surface area contributed by atoms with Gasteiger partial charge in [-0.25, -0.2) is 0 Å². The van der Waals surface area contributed by atoms with Crippen LogP contribution in [-0.2, 0) is 6.54 Å². The quantitative estimate of drug-likeness (QED) is 0.840. The zero-order chi connectivity index (χ0) is 12.7. The monoisotopic (exact) mass is 260 g/mol. The van der Waals surface area contributed by atoms with Gasteiger partial charge in [0.1, 0.15) is 6.26 Å². The molecular weight excluding hydrogens is 244 g/mol. The van der Waals surface area contributed by atoms with E-state index in [9.17, 15) is 0 Å². The lowest BCUT2D eigenvalue weighted by Crippen LogP contribution is -2.23. The van der Waals surface area contributed by atoms with Crippen molar-refractivity contribution in [2.24, 2.45) is 0 Å². The Bertz CT molecular complexity index is 547. The number of hydrogen-bond acceptors (Lipinski definition) is 6. The molecule has 3 heterocycles. The highest BCUT2D eigenvalue weighted by atomic mass is 16.5. The summed E-state index contributed by atoms with van der Waals surface area (Å²) in [4.78, 5) is 6.92. The standard InChI is InChI=1S/C13H16N4O2/c1-2-11(12-14-13(19-16-12)9-3-4-9)17(6-1)8-10-5-7-18-15-10/h5,7,9,11H,1-4,6,8H2/t11-/m1/s1.